The largest absolute Gasteiger partial charge is 0.396 e. The molecule has 0 saturated carbocycles. The van der Waals surface area contributed by atoms with Crippen LogP contribution in [-0.4, -0.2) is 34.6 Å². The van der Waals surface area contributed by atoms with Crippen LogP contribution in [0.2, 0.25) is 0 Å². The van der Waals surface area contributed by atoms with Crippen molar-refractivity contribution in [1.29, 1.82) is 0 Å². The molecule has 0 spiro atoms. The number of halogens is 4. The Morgan fingerprint density at radius 1 is 1.25 bits per heavy atom. The van der Waals surface area contributed by atoms with E-state index in [0.717, 1.165) is 0 Å². The molecule has 0 amide bonds. The van der Waals surface area contributed by atoms with Gasteiger partial charge in [0.2, 0.25) is 10.0 Å². The number of anilines is 1. The molecule has 0 aliphatic heterocycles. The van der Waals surface area contributed by atoms with Gasteiger partial charge in [0.25, 0.3) is 6.43 Å². The zero-order valence-electron chi connectivity index (χ0n) is 10.1. The van der Waals surface area contributed by atoms with Gasteiger partial charge in [-0.25, -0.2) is 30.7 Å². The molecule has 0 saturated heterocycles. The van der Waals surface area contributed by atoms with Gasteiger partial charge in [-0.15, -0.1) is 0 Å². The first-order chi connectivity index (χ1) is 9.24. The van der Waals surface area contributed by atoms with E-state index in [0.29, 0.717) is 12.1 Å². The number of sulfonamides is 1. The van der Waals surface area contributed by atoms with Gasteiger partial charge in [-0.2, -0.15) is 0 Å². The first kappa shape index (κ1) is 16.7. The van der Waals surface area contributed by atoms with E-state index in [-0.39, 0.29) is 13.2 Å². The van der Waals surface area contributed by atoms with Crippen molar-refractivity contribution in [3.63, 3.8) is 0 Å². The van der Waals surface area contributed by atoms with Crippen molar-refractivity contribution in [2.24, 2.45) is 0 Å². The molecule has 0 aliphatic carbocycles. The minimum absolute atomic E-state index is 0.318. The van der Waals surface area contributed by atoms with Crippen LogP contribution in [-0.2, 0) is 14.8 Å². The van der Waals surface area contributed by atoms with E-state index in [1.165, 1.54) is 0 Å². The first-order valence-corrected chi connectivity index (χ1v) is 6.82. The van der Waals surface area contributed by atoms with Crippen LogP contribution in [0.1, 0.15) is 0 Å². The van der Waals surface area contributed by atoms with Gasteiger partial charge >= 0.3 is 0 Å². The lowest BCUT2D eigenvalue weighted by molar-refractivity contribution is 0.0199. The topological polar surface area (TPSA) is 81.4 Å². The van der Waals surface area contributed by atoms with Gasteiger partial charge in [0, 0.05) is 12.6 Å². The predicted octanol–water partition coefficient (Wildman–Crippen LogP) is 1.11. The Morgan fingerprint density at radius 2 is 1.90 bits per heavy atom. The van der Waals surface area contributed by atoms with E-state index in [2.05, 4.69) is 4.74 Å². The van der Waals surface area contributed by atoms with Crippen LogP contribution in [0.25, 0.3) is 0 Å². The van der Waals surface area contributed by atoms with E-state index in [4.69, 9.17) is 5.73 Å². The number of hydrogen-bond acceptors (Lipinski definition) is 4. The van der Waals surface area contributed by atoms with Gasteiger partial charge in [0.15, 0.2) is 0 Å². The second-order valence-corrected chi connectivity index (χ2v) is 5.40. The smallest absolute Gasteiger partial charge is 0.261 e. The molecule has 0 aromatic heterocycles. The maximum atomic E-state index is 13.4. The fraction of sp³-hybridized carbons (Fsp3) is 0.400. The number of nitrogen functional groups attached to an aromatic ring is 1. The lowest BCUT2D eigenvalue weighted by atomic mass is 10.3. The third-order valence-electron chi connectivity index (χ3n) is 2.12. The zero-order valence-corrected chi connectivity index (χ0v) is 10.9. The second-order valence-electron chi connectivity index (χ2n) is 3.67. The van der Waals surface area contributed by atoms with Crippen LogP contribution in [0, 0.1) is 11.6 Å². The molecule has 0 atom stereocenters. The van der Waals surface area contributed by atoms with Crippen LogP contribution < -0.4 is 10.5 Å². The van der Waals surface area contributed by atoms with Gasteiger partial charge in [0.05, 0.1) is 12.3 Å². The molecule has 1 rings (SSSR count). The Kier molecular flexibility index (Phi) is 5.72. The molecule has 114 valence electrons. The summed E-state index contributed by atoms with van der Waals surface area (Å²) in [5.74, 6) is -2.39. The van der Waals surface area contributed by atoms with E-state index in [9.17, 15) is 26.0 Å². The summed E-state index contributed by atoms with van der Waals surface area (Å²) in [6.07, 6.45) is -2.67. The van der Waals surface area contributed by atoms with Gasteiger partial charge in [-0.3, -0.25) is 0 Å². The van der Waals surface area contributed by atoms with Crippen molar-refractivity contribution in [2.75, 3.05) is 25.5 Å². The minimum Gasteiger partial charge on any atom is -0.396 e. The summed E-state index contributed by atoms with van der Waals surface area (Å²) >= 11 is 0. The van der Waals surface area contributed by atoms with E-state index < -0.39 is 45.3 Å². The number of benzene rings is 1. The van der Waals surface area contributed by atoms with Crippen LogP contribution in [0.3, 0.4) is 0 Å². The van der Waals surface area contributed by atoms with E-state index in [1.807, 2.05) is 4.72 Å². The van der Waals surface area contributed by atoms with Gasteiger partial charge in [0.1, 0.15) is 23.1 Å². The molecular weight excluding hydrogens is 304 g/mol. The quantitative estimate of drug-likeness (QED) is 0.448. The van der Waals surface area contributed by atoms with Gasteiger partial charge in [-0.05, 0) is 6.07 Å². The third kappa shape index (κ3) is 4.62. The lowest BCUT2D eigenvalue weighted by Gasteiger charge is -2.09. The number of alkyl halides is 2. The molecule has 3 N–H and O–H groups in total. The molecular formula is C10H12F4N2O3S. The number of rotatable bonds is 7. The highest BCUT2D eigenvalue weighted by atomic mass is 32.2. The first-order valence-electron chi connectivity index (χ1n) is 5.34. The van der Waals surface area contributed by atoms with Crippen LogP contribution in [0.5, 0.6) is 0 Å². The third-order valence-corrected chi connectivity index (χ3v) is 3.60. The number of nitrogens with one attached hydrogen (secondary N) is 1. The summed E-state index contributed by atoms with van der Waals surface area (Å²) in [6.45, 7) is -1.49. The summed E-state index contributed by atoms with van der Waals surface area (Å²) in [5.41, 5.74) is 4.63. The maximum absolute atomic E-state index is 13.4. The molecule has 0 radical (unpaired) electrons. The standard InChI is InChI=1S/C10H12F4N2O3S/c11-6-3-7(12)9(4-8(6)15)20(17,18)16-1-2-19-5-10(13)14/h3-4,10,16H,1-2,5,15H2. The summed E-state index contributed by atoms with van der Waals surface area (Å²) in [7, 11) is -4.27. The van der Waals surface area contributed by atoms with E-state index in [1.54, 1.807) is 0 Å². The average Bonchev–Trinajstić information content (AvgIpc) is 2.32. The van der Waals surface area contributed by atoms with Crippen molar-refractivity contribution < 1.29 is 30.7 Å². The van der Waals surface area contributed by atoms with Crippen LogP contribution in [0.15, 0.2) is 17.0 Å². The highest BCUT2D eigenvalue weighted by molar-refractivity contribution is 7.89. The normalized spacial score (nSPS) is 12.1. The highest BCUT2D eigenvalue weighted by Gasteiger charge is 2.20. The fourth-order valence-electron chi connectivity index (χ4n) is 1.25. The van der Waals surface area contributed by atoms with Gasteiger partial charge in [-0.1, -0.05) is 0 Å². The molecule has 0 aliphatic rings. The Bertz CT molecular complexity index is 566. The Hall–Kier alpha value is -1.39. The molecule has 0 bridgehead atoms. The molecule has 5 nitrogen and oxygen atoms in total. The summed E-state index contributed by atoms with van der Waals surface area (Å²) in [6, 6.07) is 0.976. The van der Waals surface area contributed by atoms with Crippen molar-refractivity contribution in [2.45, 2.75) is 11.3 Å². The van der Waals surface area contributed by atoms with Crippen molar-refractivity contribution >= 4 is 15.7 Å². The Balaban J connectivity index is 2.68. The minimum atomic E-state index is -4.27. The fourth-order valence-corrected chi connectivity index (χ4v) is 2.35. The molecule has 10 heteroatoms. The van der Waals surface area contributed by atoms with Crippen LogP contribution >= 0.6 is 0 Å². The van der Waals surface area contributed by atoms with Crippen molar-refractivity contribution in [1.82, 2.24) is 4.72 Å². The van der Waals surface area contributed by atoms with E-state index >= 15 is 0 Å². The van der Waals surface area contributed by atoms with Gasteiger partial charge < -0.3 is 10.5 Å². The number of hydrogen-bond donors (Lipinski definition) is 2. The second kappa shape index (κ2) is 6.86. The molecule has 0 unspecified atom stereocenters. The SMILES string of the molecule is Nc1cc(S(=O)(=O)NCCOCC(F)F)c(F)cc1F. The zero-order chi connectivity index (χ0) is 15.3. The Morgan fingerprint density at radius 3 is 2.50 bits per heavy atom. The summed E-state index contributed by atoms with van der Waals surface area (Å²) in [4.78, 5) is -0.828. The maximum Gasteiger partial charge on any atom is 0.261 e. The molecule has 1 aromatic carbocycles. The molecule has 0 fully saturated rings. The monoisotopic (exact) mass is 316 g/mol. The van der Waals surface area contributed by atoms with Crippen LogP contribution in [0.4, 0.5) is 23.2 Å². The van der Waals surface area contributed by atoms with Crippen molar-refractivity contribution in [3.05, 3.63) is 23.8 Å². The summed E-state index contributed by atoms with van der Waals surface area (Å²) in [5, 5.41) is 0. The number of nitrogens with two attached hydrogens (primary N) is 1. The number of ether oxygens (including phenoxy) is 1. The molecule has 0 heterocycles. The summed E-state index contributed by atoms with van der Waals surface area (Å²) < 4.78 is 79.5. The lowest BCUT2D eigenvalue weighted by Crippen LogP contribution is -2.29. The molecule has 20 heavy (non-hydrogen) atoms. The molecule has 1 aromatic rings. The predicted molar refractivity (Wildman–Crippen MR) is 62.8 cm³/mol. The Labute approximate surface area is 112 Å². The van der Waals surface area contributed by atoms with Crippen molar-refractivity contribution in [3.8, 4) is 0 Å². The highest BCUT2D eigenvalue weighted by Crippen LogP contribution is 2.20. The average molecular weight is 316 g/mol.